The molecule has 0 fully saturated rings. The molecule has 0 bridgehead atoms. The first kappa shape index (κ1) is 9.81. The molecule has 0 heterocycles. The van der Waals surface area contributed by atoms with E-state index < -0.39 is 0 Å². The fourth-order valence-electron chi connectivity index (χ4n) is 1.19. The summed E-state index contributed by atoms with van der Waals surface area (Å²) >= 11 is 0. The third kappa shape index (κ3) is 3.30. The fraction of sp³-hybridized carbons (Fsp3) is 0.273. The van der Waals surface area contributed by atoms with Crippen molar-refractivity contribution in [3.63, 3.8) is 0 Å². The molecule has 13 heavy (non-hydrogen) atoms. The van der Waals surface area contributed by atoms with Crippen molar-refractivity contribution in [1.29, 1.82) is 0 Å². The molecule has 1 aromatic carbocycles. The van der Waals surface area contributed by atoms with Gasteiger partial charge < -0.3 is 10.8 Å². The van der Waals surface area contributed by atoms with E-state index in [1.165, 1.54) is 0 Å². The van der Waals surface area contributed by atoms with Crippen LogP contribution in [0.15, 0.2) is 36.4 Å². The zero-order chi connectivity index (χ0) is 9.68. The summed E-state index contributed by atoms with van der Waals surface area (Å²) in [5.74, 6) is 0.299. The SMILES string of the molecule is C=C(CCN)Cc1ccc(O)cc1. The number of rotatable bonds is 4. The lowest BCUT2D eigenvalue weighted by molar-refractivity contribution is 0.475. The van der Waals surface area contributed by atoms with Gasteiger partial charge >= 0.3 is 0 Å². The first-order valence-electron chi connectivity index (χ1n) is 4.37. The number of benzene rings is 1. The van der Waals surface area contributed by atoms with Crippen LogP contribution in [-0.2, 0) is 6.42 Å². The van der Waals surface area contributed by atoms with Gasteiger partial charge in [-0.15, -0.1) is 0 Å². The van der Waals surface area contributed by atoms with Gasteiger partial charge in [0.15, 0.2) is 0 Å². The molecule has 1 rings (SSSR count). The van der Waals surface area contributed by atoms with Crippen molar-refractivity contribution in [3.05, 3.63) is 42.0 Å². The lowest BCUT2D eigenvalue weighted by Gasteiger charge is -2.03. The van der Waals surface area contributed by atoms with Crippen molar-refractivity contribution in [2.24, 2.45) is 5.73 Å². The van der Waals surface area contributed by atoms with Gasteiger partial charge in [-0.1, -0.05) is 24.3 Å². The van der Waals surface area contributed by atoms with Crippen LogP contribution < -0.4 is 5.73 Å². The van der Waals surface area contributed by atoms with Gasteiger partial charge in [-0.25, -0.2) is 0 Å². The Balaban J connectivity index is 2.54. The van der Waals surface area contributed by atoms with Gasteiger partial charge in [0.1, 0.15) is 5.75 Å². The van der Waals surface area contributed by atoms with E-state index in [9.17, 15) is 0 Å². The van der Waals surface area contributed by atoms with Crippen molar-refractivity contribution in [2.75, 3.05) is 6.54 Å². The van der Waals surface area contributed by atoms with E-state index in [1.54, 1.807) is 12.1 Å². The number of hydrogen-bond acceptors (Lipinski definition) is 2. The van der Waals surface area contributed by atoms with Crippen molar-refractivity contribution >= 4 is 0 Å². The topological polar surface area (TPSA) is 46.2 Å². The maximum absolute atomic E-state index is 9.05. The maximum atomic E-state index is 9.05. The minimum absolute atomic E-state index is 0.299. The van der Waals surface area contributed by atoms with Gasteiger partial charge in [0.25, 0.3) is 0 Å². The van der Waals surface area contributed by atoms with Crippen molar-refractivity contribution in [3.8, 4) is 5.75 Å². The van der Waals surface area contributed by atoms with Crippen LogP contribution in [0.5, 0.6) is 5.75 Å². The van der Waals surface area contributed by atoms with Gasteiger partial charge in [0.2, 0.25) is 0 Å². The first-order chi connectivity index (χ1) is 6.22. The highest BCUT2D eigenvalue weighted by Crippen LogP contribution is 2.13. The lowest BCUT2D eigenvalue weighted by Crippen LogP contribution is -2.01. The predicted molar refractivity (Wildman–Crippen MR) is 54.6 cm³/mol. The summed E-state index contributed by atoms with van der Waals surface area (Å²) < 4.78 is 0. The van der Waals surface area contributed by atoms with Crippen molar-refractivity contribution in [1.82, 2.24) is 0 Å². The fourth-order valence-corrected chi connectivity index (χ4v) is 1.19. The minimum Gasteiger partial charge on any atom is -0.508 e. The van der Waals surface area contributed by atoms with E-state index in [1.807, 2.05) is 12.1 Å². The Kier molecular flexibility index (Phi) is 3.53. The largest absolute Gasteiger partial charge is 0.508 e. The van der Waals surface area contributed by atoms with Crippen molar-refractivity contribution < 1.29 is 5.11 Å². The molecule has 70 valence electrons. The standard InChI is InChI=1S/C11H15NO/c1-9(6-7-12)8-10-2-4-11(13)5-3-10/h2-5,13H,1,6-8,12H2. The van der Waals surface area contributed by atoms with Crippen LogP contribution in [-0.4, -0.2) is 11.7 Å². The summed E-state index contributed by atoms with van der Waals surface area (Å²) in [5, 5.41) is 9.05. The molecule has 3 N–H and O–H groups in total. The molecule has 2 nitrogen and oxygen atoms in total. The second kappa shape index (κ2) is 4.67. The Morgan fingerprint density at radius 1 is 1.31 bits per heavy atom. The number of nitrogens with two attached hydrogens (primary N) is 1. The molecule has 0 unspecified atom stereocenters. The number of phenolic OH excluding ortho intramolecular Hbond substituents is 1. The van der Waals surface area contributed by atoms with Crippen LogP contribution in [0, 0.1) is 0 Å². The monoisotopic (exact) mass is 177 g/mol. The Labute approximate surface area is 78.7 Å². The second-order valence-electron chi connectivity index (χ2n) is 3.13. The number of phenols is 1. The van der Waals surface area contributed by atoms with Gasteiger partial charge in [-0.05, 0) is 37.1 Å². The molecule has 0 aliphatic heterocycles. The Morgan fingerprint density at radius 2 is 1.92 bits per heavy atom. The molecule has 2 heteroatoms. The first-order valence-corrected chi connectivity index (χ1v) is 4.37. The molecule has 0 aromatic heterocycles. The molecule has 1 aromatic rings. The van der Waals surface area contributed by atoms with Crippen LogP contribution >= 0.6 is 0 Å². The highest BCUT2D eigenvalue weighted by Gasteiger charge is 1.96. The van der Waals surface area contributed by atoms with Crippen LogP contribution in [0.3, 0.4) is 0 Å². The average molecular weight is 177 g/mol. The van der Waals surface area contributed by atoms with Crippen molar-refractivity contribution in [2.45, 2.75) is 12.8 Å². The van der Waals surface area contributed by atoms with Gasteiger partial charge in [0.05, 0.1) is 0 Å². The summed E-state index contributed by atoms with van der Waals surface area (Å²) in [4.78, 5) is 0. The minimum atomic E-state index is 0.299. The van der Waals surface area contributed by atoms with Gasteiger partial charge in [-0.3, -0.25) is 0 Å². The lowest BCUT2D eigenvalue weighted by atomic mass is 10.0. The number of aromatic hydroxyl groups is 1. The smallest absolute Gasteiger partial charge is 0.115 e. The summed E-state index contributed by atoms with van der Waals surface area (Å²) in [6, 6.07) is 7.17. The van der Waals surface area contributed by atoms with E-state index in [0.29, 0.717) is 12.3 Å². The molecule has 0 amide bonds. The second-order valence-corrected chi connectivity index (χ2v) is 3.13. The zero-order valence-corrected chi connectivity index (χ0v) is 7.66. The van der Waals surface area contributed by atoms with E-state index in [2.05, 4.69) is 6.58 Å². The highest BCUT2D eigenvalue weighted by atomic mass is 16.3. The Bertz CT molecular complexity index is 277. The molecular formula is C11H15NO. The summed E-state index contributed by atoms with van der Waals surface area (Å²) in [6.07, 6.45) is 1.71. The zero-order valence-electron chi connectivity index (χ0n) is 7.66. The van der Waals surface area contributed by atoms with E-state index in [0.717, 1.165) is 24.0 Å². The normalized spacial score (nSPS) is 9.92. The third-order valence-corrected chi connectivity index (χ3v) is 1.89. The van der Waals surface area contributed by atoms with E-state index in [-0.39, 0.29) is 0 Å². The van der Waals surface area contributed by atoms with Gasteiger partial charge in [-0.2, -0.15) is 0 Å². The summed E-state index contributed by atoms with van der Waals surface area (Å²) in [7, 11) is 0. The highest BCUT2D eigenvalue weighted by molar-refractivity contribution is 5.28. The van der Waals surface area contributed by atoms with E-state index >= 15 is 0 Å². The number of hydrogen-bond donors (Lipinski definition) is 2. The maximum Gasteiger partial charge on any atom is 0.115 e. The summed E-state index contributed by atoms with van der Waals surface area (Å²) in [5.41, 5.74) is 7.70. The Morgan fingerprint density at radius 3 is 2.46 bits per heavy atom. The average Bonchev–Trinajstić information content (AvgIpc) is 2.09. The molecule has 0 aliphatic carbocycles. The van der Waals surface area contributed by atoms with Crippen LogP contribution in [0.2, 0.25) is 0 Å². The van der Waals surface area contributed by atoms with Gasteiger partial charge in [0, 0.05) is 0 Å². The molecule has 0 saturated heterocycles. The quantitative estimate of drug-likeness (QED) is 0.689. The van der Waals surface area contributed by atoms with Crippen LogP contribution in [0.1, 0.15) is 12.0 Å². The third-order valence-electron chi connectivity index (χ3n) is 1.89. The molecule has 0 radical (unpaired) electrons. The predicted octanol–water partition coefficient (Wildman–Crippen LogP) is 1.84. The molecule has 0 aliphatic rings. The molecule has 0 saturated carbocycles. The van der Waals surface area contributed by atoms with E-state index in [4.69, 9.17) is 10.8 Å². The van der Waals surface area contributed by atoms with Crippen LogP contribution in [0.25, 0.3) is 0 Å². The van der Waals surface area contributed by atoms with Crippen LogP contribution in [0.4, 0.5) is 0 Å². The molecule has 0 atom stereocenters. The Hall–Kier alpha value is -1.28. The summed E-state index contributed by atoms with van der Waals surface area (Å²) in [6.45, 7) is 4.57. The molecule has 0 spiro atoms. The molecular weight excluding hydrogens is 162 g/mol.